The van der Waals surface area contributed by atoms with Gasteiger partial charge in [0.2, 0.25) is 10.0 Å². The van der Waals surface area contributed by atoms with E-state index in [2.05, 4.69) is 4.74 Å². The summed E-state index contributed by atoms with van der Waals surface area (Å²) in [7, 11) is -3.76. The molecule has 0 radical (unpaired) electrons. The first kappa shape index (κ1) is 15.6. The minimum Gasteiger partial charge on any atom is -0.439 e. The molecule has 0 saturated carbocycles. The number of amides is 2. The largest absolute Gasteiger partial charge is 0.439 e. The molecule has 23 heavy (non-hydrogen) atoms. The van der Waals surface area contributed by atoms with Gasteiger partial charge in [-0.15, -0.1) is 0 Å². The number of benzene rings is 1. The predicted octanol–water partition coefficient (Wildman–Crippen LogP) is 0.241. The number of sulfonamides is 1. The van der Waals surface area contributed by atoms with E-state index in [4.69, 9.17) is 0 Å². The Hall–Kier alpha value is -2.26. The Morgan fingerprint density at radius 3 is 2.52 bits per heavy atom. The van der Waals surface area contributed by atoms with Gasteiger partial charge in [0, 0.05) is 18.7 Å². The van der Waals surface area contributed by atoms with E-state index < -0.39 is 28.1 Å². The lowest BCUT2D eigenvalue weighted by Gasteiger charge is -2.40. The molecule has 1 aromatic carbocycles. The van der Waals surface area contributed by atoms with Crippen LogP contribution in [0.2, 0.25) is 0 Å². The van der Waals surface area contributed by atoms with E-state index in [0.717, 1.165) is 9.21 Å². The predicted molar refractivity (Wildman–Crippen MR) is 77.2 cm³/mol. The lowest BCUT2D eigenvalue weighted by atomic mass is 10.1. The summed E-state index contributed by atoms with van der Waals surface area (Å²) in [6.07, 6.45) is -0.740. The second-order valence-corrected chi connectivity index (χ2v) is 7.32. The summed E-state index contributed by atoms with van der Waals surface area (Å²) in [4.78, 5) is 35.3. The van der Waals surface area contributed by atoms with Gasteiger partial charge in [0.25, 0.3) is 5.91 Å². The number of cyclic esters (lactones) is 1. The average Bonchev–Trinajstić information content (AvgIpc) is 2.78. The van der Waals surface area contributed by atoms with Gasteiger partial charge in [-0.3, -0.25) is 9.59 Å². The Morgan fingerprint density at radius 2 is 1.96 bits per heavy atom. The number of nitrogens with zero attached hydrogens (tertiary/aromatic N) is 2. The molecule has 2 aliphatic heterocycles. The van der Waals surface area contributed by atoms with Crippen LogP contribution < -0.4 is 0 Å². The van der Waals surface area contributed by atoms with E-state index in [1.807, 2.05) is 0 Å². The van der Waals surface area contributed by atoms with E-state index >= 15 is 0 Å². The molecular formula is C14H14N2O6S. The molecule has 2 aliphatic rings. The standard InChI is InChI=1S/C14H14N2O6S/c1-9(17)10-3-2-4-12(5-10)23(20,21)15-6-11(7-15)16-13(18)8-22-14(16)19/h2-5,11H,6-8H2,1H3. The van der Waals surface area contributed by atoms with Crippen molar-refractivity contribution in [2.75, 3.05) is 19.7 Å². The van der Waals surface area contributed by atoms with Crippen LogP contribution in [0.1, 0.15) is 17.3 Å². The zero-order chi connectivity index (χ0) is 16.8. The normalized spacial score (nSPS) is 19.6. The van der Waals surface area contributed by atoms with Crippen molar-refractivity contribution in [3.8, 4) is 0 Å². The lowest BCUT2D eigenvalue weighted by Crippen LogP contribution is -2.62. The molecule has 0 spiro atoms. The Balaban J connectivity index is 1.76. The van der Waals surface area contributed by atoms with Gasteiger partial charge in [-0.2, -0.15) is 4.31 Å². The molecule has 3 rings (SSSR count). The summed E-state index contributed by atoms with van der Waals surface area (Å²) in [5.74, 6) is -0.690. The topological polar surface area (TPSA) is 101 Å². The molecule has 2 amide bonds. The van der Waals surface area contributed by atoms with Crippen molar-refractivity contribution in [1.82, 2.24) is 9.21 Å². The number of ketones is 1. The lowest BCUT2D eigenvalue weighted by molar-refractivity contribution is -0.128. The van der Waals surface area contributed by atoms with E-state index in [1.165, 1.54) is 25.1 Å². The third kappa shape index (κ3) is 2.62. The summed E-state index contributed by atoms with van der Waals surface area (Å²) >= 11 is 0. The molecular weight excluding hydrogens is 324 g/mol. The smallest absolute Gasteiger partial charge is 0.417 e. The van der Waals surface area contributed by atoms with Crippen molar-refractivity contribution in [1.29, 1.82) is 0 Å². The highest BCUT2D eigenvalue weighted by atomic mass is 32.2. The molecule has 2 fully saturated rings. The Labute approximate surface area is 132 Å². The second kappa shape index (κ2) is 5.43. The van der Waals surface area contributed by atoms with Crippen LogP contribution in [0.25, 0.3) is 0 Å². The van der Waals surface area contributed by atoms with Crippen LogP contribution >= 0.6 is 0 Å². The van der Waals surface area contributed by atoms with Gasteiger partial charge in [0.1, 0.15) is 0 Å². The monoisotopic (exact) mass is 338 g/mol. The summed E-state index contributed by atoms with van der Waals surface area (Å²) in [6.45, 7) is 1.10. The second-order valence-electron chi connectivity index (χ2n) is 5.38. The highest BCUT2D eigenvalue weighted by molar-refractivity contribution is 7.89. The van der Waals surface area contributed by atoms with Crippen molar-refractivity contribution in [3.63, 3.8) is 0 Å². The molecule has 0 atom stereocenters. The van der Waals surface area contributed by atoms with Crippen molar-refractivity contribution < 1.29 is 27.5 Å². The summed E-state index contributed by atoms with van der Waals surface area (Å²) in [5.41, 5.74) is 0.307. The SMILES string of the molecule is CC(=O)c1cccc(S(=O)(=O)N2CC(N3C(=O)COC3=O)C2)c1. The van der Waals surface area contributed by atoms with Crippen molar-refractivity contribution in [2.24, 2.45) is 0 Å². The number of ether oxygens (including phenoxy) is 1. The zero-order valence-electron chi connectivity index (χ0n) is 12.3. The number of carbonyl (C=O) groups excluding carboxylic acids is 3. The molecule has 8 nitrogen and oxygen atoms in total. The van der Waals surface area contributed by atoms with Crippen molar-refractivity contribution in [3.05, 3.63) is 29.8 Å². The van der Waals surface area contributed by atoms with Gasteiger partial charge in [0.15, 0.2) is 12.4 Å². The van der Waals surface area contributed by atoms with Gasteiger partial charge >= 0.3 is 6.09 Å². The van der Waals surface area contributed by atoms with E-state index in [-0.39, 0.29) is 30.4 Å². The zero-order valence-corrected chi connectivity index (χ0v) is 13.1. The van der Waals surface area contributed by atoms with Crippen LogP contribution in [0.4, 0.5) is 4.79 Å². The minimum atomic E-state index is -3.76. The number of rotatable bonds is 4. The molecule has 122 valence electrons. The number of hydrogen-bond donors (Lipinski definition) is 0. The third-order valence-corrected chi connectivity index (χ3v) is 5.68. The van der Waals surface area contributed by atoms with Crippen molar-refractivity contribution in [2.45, 2.75) is 17.9 Å². The van der Waals surface area contributed by atoms with Crippen LogP contribution in [-0.4, -0.2) is 61.1 Å². The Morgan fingerprint density at radius 1 is 1.26 bits per heavy atom. The third-order valence-electron chi connectivity index (χ3n) is 3.86. The molecule has 9 heteroatoms. The molecule has 2 heterocycles. The summed E-state index contributed by atoms with van der Waals surface area (Å²) in [5, 5.41) is 0. The summed E-state index contributed by atoms with van der Waals surface area (Å²) < 4.78 is 30.8. The number of carbonyl (C=O) groups is 3. The van der Waals surface area contributed by atoms with Gasteiger partial charge in [-0.25, -0.2) is 18.1 Å². The van der Waals surface area contributed by atoms with Crippen molar-refractivity contribution >= 4 is 27.8 Å². The maximum atomic E-state index is 12.5. The number of imide groups is 1. The molecule has 0 N–H and O–H groups in total. The fourth-order valence-corrected chi connectivity index (χ4v) is 4.08. The van der Waals surface area contributed by atoms with Crippen LogP contribution in [-0.2, 0) is 19.6 Å². The molecule has 2 saturated heterocycles. The van der Waals surface area contributed by atoms with Crippen LogP contribution in [0.15, 0.2) is 29.2 Å². The van der Waals surface area contributed by atoms with E-state index in [1.54, 1.807) is 6.07 Å². The molecule has 0 bridgehead atoms. The van der Waals surface area contributed by atoms with E-state index in [0.29, 0.717) is 5.56 Å². The van der Waals surface area contributed by atoms with Gasteiger partial charge in [-0.05, 0) is 19.1 Å². The highest BCUT2D eigenvalue weighted by Gasteiger charge is 2.46. The highest BCUT2D eigenvalue weighted by Crippen LogP contribution is 2.26. The van der Waals surface area contributed by atoms with Gasteiger partial charge < -0.3 is 4.74 Å². The first-order chi connectivity index (χ1) is 10.8. The summed E-state index contributed by atoms with van der Waals surface area (Å²) in [6, 6.07) is 5.26. The Bertz CT molecular complexity index is 781. The fraction of sp³-hybridized carbons (Fsp3) is 0.357. The molecule has 1 aromatic rings. The number of hydrogen-bond acceptors (Lipinski definition) is 6. The van der Waals surface area contributed by atoms with Gasteiger partial charge in [0.05, 0.1) is 10.9 Å². The fourth-order valence-electron chi connectivity index (χ4n) is 2.52. The minimum absolute atomic E-state index is 0.0129. The maximum Gasteiger partial charge on any atom is 0.417 e. The molecule has 0 aliphatic carbocycles. The first-order valence-corrected chi connectivity index (χ1v) is 8.34. The van der Waals surface area contributed by atoms with Crippen LogP contribution in [0.3, 0.4) is 0 Å². The quantitative estimate of drug-likeness (QED) is 0.729. The van der Waals surface area contributed by atoms with Crippen LogP contribution in [0.5, 0.6) is 0 Å². The first-order valence-electron chi connectivity index (χ1n) is 6.90. The van der Waals surface area contributed by atoms with Gasteiger partial charge in [-0.1, -0.05) is 12.1 Å². The Kier molecular flexibility index (Phi) is 3.69. The number of Topliss-reactive ketones (excluding diaryl/α,β-unsaturated/α-hetero) is 1. The molecule has 0 unspecified atom stereocenters. The van der Waals surface area contributed by atoms with E-state index in [9.17, 15) is 22.8 Å². The maximum absolute atomic E-state index is 12.5. The van der Waals surface area contributed by atoms with Crippen LogP contribution in [0, 0.1) is 0 Å². The average molecular weight is 338 g/mol. The molecule has 0 aromatic heterocycles.